The van der Waals surface area contributed by atoms with E-state index in [0.717, 1.165) is 0 Å². The van der Waals surface area contributed by atoms with Gasteiger partial charge in [0.2, 0.25) is 0 Å². The molecule has 0 rings (SSSR count). The molecule has 0 aliphatic rings. The molecule has 0 heterocycles. The average Bonchev–Trinajstić information content (AvgIpc) is 1.84. The van der Waals surface area contributed by atoms with Crippen LogP contribution in [0.3, 0.4) is 0 Å². The Morgan fingerprint density at radius 3 is 2.40 bits per heavy atom. The van der Waals surface area contributed by atoms with Crippen molar-refractivity contribution in [3.8, 4) is 0 Å². The van der Waals surface area contributed by atoms with Crippen LogP contribution in [0.15, 0.2) is 0 Å². The van der Waals surface area contributed by atoms with Crippen LogP contribution in [0.2, 0.25) is 19.1 Å². The van der Waals surface area contributed by atoms with E-state index in [1.54, 1.807) is 0 Å². The van der Waals surface area contributed by atoms with Crippen molar-refractivity contribution in [2.24, 2.45) is 5.73 Å². The molecule has 62 valence electrons. The Morgan fingerprint density at radius 2 is 2.00 bits per heavy atom. The highest BCUT2D eigenvalue weighted by Gasteiger charge is 2.20. The lowest BCUT2D eigenvalue weighted by Gasteiger charge is -2.20. The van der Waals surface area contributed by atoms with E-state index in [2.05, 4.69) is 20.0 Å². The molecule has 0 saturated carbocycles. The lowest BCUT2D eigenvalue weighted by molar-refractivity contribution is 0.317. The minimum atomic E-state index is -1.35. The second kappa shape index (κ2) is 4.88. The summed E-state index contributed by atoms with van der Waals surface area (Å²) >= 11 is 0. The zero-order valence-electron chi connectivity index (χ0n) is 7.31. The van der Waals surface area contributed by atoms with Crippen LogP contribution in [-0.4, -0.2) is 15.0 Å². The predicted octanol–water partition coefficient (Wildman–Crippen LogP) is 1.92. The third kappa shape index (κ3) is 4.96. The van der Waals surface area contributed by atoms with Crippen LogP contribution in [0.25, 0.3) is 0 Å². The summed E-state index contributed by atoms with van der Waals surface area (Å²) in [6, 6.07) is 1.24. The fourth-order valence-corrected chi connectivity index (χ4v) is 2.70. The maximum Gasteiger partial charge on any atom is 0.188 e. The van der Waals surface area contributed by atoms with Crippen LogP contribution in [0.1, 0.15) is 19.8 Å². The van der Waals surface area contributed by atoms with E-state index in [-0.39, 0.29) is 0 Å². The second-order valence-electron chi connectivity index (χ2n) is 3.17. The van der Waals surface area contributed by atoms with Crippen LogP contribution >= 0.6 is 0 Å². The Labute approximate surface area is 64.9 Å². The molecular weight excluding hydrogens is 142 g/mol. The zero-order chi connectivity index (χ0) is 8.04. The lowest BCUT2D eigenvalue weighted by Crippen LogP contribution is -2.32. The number of nitrogens with two attached hydrogens (primary N) is 1. The van der Waals surface area contributed by atoms with Gasteiger partial charge in [0.25, 0.3) is 0 Å². The van der Waals surface area contributed by atoms with Crippen LogP contribution in [0.4, 0.5) is 0 Å². The van der Waals surface area contributed by atoms with Gasteiger partial charge in [-0.2, -0.15) is 0 Å². The fraction of sp³-hybridized carbons (Fsp3) is 1.00. The van der Waals surface area contributed by atoms with Gasteiger partial charge in [0.05, 0.1) is 6.73 Å². The van der Waals surface area contributed by atoms with Crippen molar-refractivity contribution in [2.75, 3.05) is 6.73 Å². The molecular formula is C7H19NOSi. The van der Waals surface area contributed by atoms with E-state index in [9.17, 15) is 0 Å². The molecule has 0 aromatic rings. The van der Waals surface area contributed by atoms with Crippen molar-refractivity contribution in [1.29, 1.82) is 0 Å². The minimum absolute atomic E-state index is 0.392. The molecule has 0 bridgehead atoms. The molecule has 0 aliphatic carbocycles. The molecule has 0 spiro atoms. The van der Waals surface area contributed by atoms with Crippen molar-refractivity contribution in [1.82, 2.24) is 0 Å². The summed E-state index contributed by atoms with van der Waals surface area (Å²) in [6.45, 7) is 7.03. The zero-order valence-corrected chi connectivity index (χ0v) is 8.31. The Kier molecular flexibility index (Phi) is 4.94. The maximum atomic E-state index is 5.45. The third-order valence-electron chi connectivity index (χ3n) is 1.61. The fourth-order valence-electron chi connectivity index (χ4n) is 0.900. The largest absolute Gasteiger partial charge is 0.405 e. The smallest absolute Gasteiger partial charge is 0.188 e. The molecule has 2 N–H and O–H groups in total. The summed E-state index contributed by atoms with van der Waals surface area (Å²) in [4.78, 5) is 0. The molecule has 2 nitrogen and oxygen atoms in total. The van der Waals surface area contributed by atoms with E-state index in [0.29, 0.717) is 6.73 Å². The van der Waals surface area contributed by atoms with Gasteiger partial charge in [0, 0.05) is 0 Å². The normalized spacial score (nSPS) is 12.0. The lowest BCUT2D eigenvalue weighted by atomic mass is 10.4. The average molecular weight is 161 g/mol. The summed E-state index contributed by atoms with van der Waals surface area (Å²) in [7, 11) is -1.35. The van der Waals surface area contributed by atoms with Crippen molar-refractivity contribution < 1.29 is 4.43 Å². The number of hydrogen-bond donors (Lipinski definition) is 1. The summed E-state index contributed by atoms with van der Waals surface area (Å²) in [5.41, 5.74) is 5.30. The molecule has 0 saturated heterocycles. The number of rotatable bonds is 5. The van der Waals surface area contributed by atoms with Gasteiger partial charge in [0.15, 0.2) is 8.32 Å². The van der Waals surface area contributed by atoms with Crippen LogP contribution in [0.5, 0.6) is 0 Å². The first-order valence-electron chi connectivity index (χ1n) is 3.96. The van der Waals surface area contributed by atoms with Gasteiger partial charge in [-0.15, -0.1) is 0 Å². The van der Waals surface area contributed by atoms with E-state index in [1.165, 1.54) is 18.9 Å². The summed E-state index contributed by atoms with van der Waals surface area (Å²) < 4.78 is 5.45. The molecule has 0 radical (unpaired) electrons. The van der Waals surface area contributed by atoms with Gasteiger partial charge < -0.3 is 10.2 Å². The summed E-state index contributed by atoms with van der Waals surface area (Å²) in [6.07, 6.45) is 2.53. The number of hydrogen-bond acceptors (Lipinski definition) is 2. The van der Waals surface area contributed by atoms with Gasteiger partial charge in [-0.3, -0.25) is 0 Å². The predicted molar refractivity (Wildman–Crippen MR) is 47.3 cm³/mol. The van der Waals surface area contributed by atoms with Crippen LogP contribution in [-0.2, 0) is 4.43 Å². The molecule has 0 unspecified atom stereocenters. The molecule has 0 aliphatic heterocycles. The molecule has 0 aromatic heterocycles. The van der Waals surface area contributed by atoms with E-state index in [4.69, 9.17) is 10.2 Å². The number of unbranched alkanes of at least 4 members (excludes halogenated alkanes) is 1. The SMILES string of the molecule is CCCC[Si](C)(C)OCN. The molecule has 0 atom stereocenters. The standard InChI is InChI=1S/C7H19NOSi/c1-4-5-6-10(2,3)9-7-8/h4-8H2,1-3H3. The molecule has 0 aromatic carbocycles. The highest BCUT2D eigenvalue weighted by atomic mass is 28.4. The van der Waals surface area contributed by atoms with E-state index in [1.807, 2.05) is 0 Å². The monoisotopic (exact) mass is 161 g/mol. The first-order chi connectivity index (χ1) is 4.62. The van der Waals surface area contributed by atoms with Crippen molar-refractivity contribution in [3.63, 3.8) is 0 Å². The van der Waals surface area contributed by atoms with Gasteiger partial charge in [-0.05, 0) is 19.1 Å². The molecule has 10 heavy (non-hydrogen) atoms. The van der Waals surface area contributed by atoms with Crippen molar-refractivity contribution in [3.05, 3.63) is 0 Å². The second-order valence-corrected chi connectivity index (χ2v) is 7.48. The Morgan fingerprint density at radius 1 is 1.40 bits per heavy atom. The van der Waals surface area contributed by atoms with Crippen LogP contribution < -0.4 is 5.73 Å². The van der Waals surface area contributed by atoms with E-state index < -0.39 is 8.32 Å². The van der Waals surface area contributed by atoms with Crippen LogP contribution in [0, 0.1) is 0 Å². The molecule has 0 fully saturated rings. The summed E-state index contributed by atoms with van der Waals surface area (Å²) in [5.74, 6) is 0. The van der Waals surface area contributed by atoms with Gasteiger partial charge in [-0.25, -0.2) is 0 Å². The third-order valence-corrected chi connectivity index (χ3v) is 4.11. The first kappa shape index (κ1) is 10.1. The quantitative estimate of drug-likeness (QED) is 0.494. The minimum Gasteiger partial charge on any atom is -0.405 e. The Bertz CT molecular complexity index is 85.7. The van der Waals surface area contributed by atoms with Gasteiger partial charge in [-0.1, -0.05) is 19.8 Å². The summed E-state index contributed by atoms with van der Waals surface area (Å²) in [5, 5.41) is 0. The highest BCUT2D eigenvalue weighted by molar-refractivity contribution is 6.71. The molecule has 3 heteroatoms. The highest BCUT2D eigenvalue weighted by Crippen LogP contribution is 2.13. The van der Waals surface area contributed by atoms with Gasteiger partial charge in [0.1, 0.15) is 0 Å². The van der Waals surface area contributed by atoms with Crippen molar-refractivity contribution in [2.45, 2.75) is 38.9 Å². The van der Waals surface area contributed by atoms with Crippen molar-refractivity contribution >= 4 is 8.32 Å². The maximum absolute atomic E-state index is 5.45. The van der Waals surface area contributed by atoms with E-state index >= 15 is 0 Å². The topological polar surface area (TPSA) is 35.2 Å². The van der Waals surface area contributed by atoms with Gasteiger partial charge >= 0.3 is 0 Å². The molecule has 0 amide bonds. The Hall–Kier alpha value is 0.137. The first-order valence-corrected chi connectivity index (χ1v) is 7.08. The Balaban J connectivity index is 3.42.